The molecule has 1 atom stereocenters. The van der Waals surface area contributed by atoms with Gasteiger partial charge in [-0.15, -0.1) is 10.2 Å². The maximum absolute atomic E-state index is 12.7. The van der Waals surface area contributed by atoms with Crippen molar-refractivity contribution in [2.24, 2.45) is 0 Å². The summed E-state index contributed by atoms with van der Waals surface area (Å²) in [6, 6.07) is 1.75. The molecule has 0 N–H and O–H groups in total. The van der Waals surface area contributed by atoms with Crippen LogP contribution in [-0.2, 0) is 17.8 Å². The lowest BCUT2D eigenvalue weighted by Crippen LogP contribution is -2.41. The molecule has 0 radical (unpaired) electrons. The fourth-order valence-electron chi connectivity index (χ4n) is 3.78. The second kappa shape index (κ2) is 9.29. The number of anilines is 1. The van der Waals surface area contributed by atoms with Crippen molar-refractivity contribution in [2.75, 3.05) is 45.3 Å². The van der Waals surface area contributed by atoms with E-state index in [0.29, 0.717) is 6.61 Å². The highest BCUT2D eigenvalue weighted by atomic mass is 16.5. The molecule has 2 aromatic rings. The van der Waals surface area contributed by atoms with E-state index in [1.54, 1.807) is 24.1 Å². The molecule has 2 aromatic heterocycles. The van der Waals surface area contributed by atoms with Crippen LogP contribution in [0.2, 0.25) is 0 Å². The molecule has 0 aliphatic carbocycles. The normalized spacial score (nSPS) is 17.8. The second-order valence-electron chi connectivity index (χ2n) is 7.35. The summed E-state index contributed by atoms with van der Waals surface area (Å²) in [7, 11) is 3.61. The van der Waals surface area contributed by atoms with Crippen LogP contribution in [0.5, 0.6) is 0 Å². The van der Waals surface area contributed by atoms with Crippen molar-refractivity contribution >= 4 is 5.69 Å². The minimum atomic E-state index is -0.0545. The summed E-state index contributed by atoms with van der Waals surface area (Å²) in [5, 5.41) is 13.0. The Labute approximate surface area is 165 Å². The molecule has 0 spiro atoms. The first kappa shape index (κ1) is 20.5. The van der Waals surface area contributed by atoms with Crippen LogP contribution < -0.4 is 10.5 Å². The van der Waals surface area contributed by atoms with Crippen LogP contribution in [-0.4, -0.2) is 69.8 Å². The molecule has 9 heteroatoms. The molecule has 0 aromatic carbocycles. The zero-order valence-electron chi connectivity index (χ0n) is 17.3. The Balaban J connectivity index is 1.69. The number of hydrogen-bond acceptors (Lipinski definition) is 7. The molecule has 154 valence electrons. The topological polar surface area (TPSA) is 81.3 Å². The quantitative estimate of drug-likeness (QED) is 0.668. The summed E-state index contributed by atoms with van der Waals surface area (Å²) < 4.78 is 8.87. The van der Waals surface area contributed by atoms with Crippen LogP contribution in [0.1, 0.15) is 37.5 Å². The van der Waals surface area contributed by atoms with Crippen molar-refractivity contribution in [3.63, 3.8) is 0 Å². The average Bonchev–Trinajstić information content (AvgIpc) is 3.05. The van der Waals surface area contributed by atoms with Gasteiger partial charge in [0.15, 0.2) is 0 Å². The first-order valence-electron chi connectivity index (χ1n) is 9.93. The Morgan fingerprint density at radius 3 is 2.89 bits per heavy atom. The standard InChI is InChI=1S/C19H31N7O2/c1-5-25-15(2)21-22-18(25)14-24-8-6-7-16(13-24)26-19(27)11-17(12-20-26)23(3)9-10-28-4/h11-12,16H,5-10,13-14H2,1-4H3/t16-/m1/s1. The number of likely N-dealkylation sites (N-methyl/N-ethyl adjacent to an activating group) is 1. The van der Waals surface area contributed by atoms with Gasteiger partial charge in [-0.3, -0.25) is 9.69 Å². The van der Waals surface area contributed by atoms with Gasteiger partial charge in [-0.1, -0.05) is 0 Å². The maximum atomic E-state index is 12.7. The van der Waals surface area contributed by atoms with Crippen molar-refractivity contribution < 1.29 is 4.74 Å². The lowest BCUT2D eigenvalue weighted by Gasteiger charge is -2.32. The number of likely N-dealkylation sites (tertiary alicyclic amines) is 1. The molecular formula is C19H31N7O2. The van der Waals surface area contributed by atoms with Gasteiger partial charge in [0, 0.05) is 39.9 Å². The minimum Gasteiger partial charge on any atom is -0.383 e. The molecule has 3 heterocycles. The third kappa shape index (κ3) is 4.59. The molecule has 1 aliphatic heterocycles. The van der Waals surface area contributed by atoms with E-state index in [1.165, 1.54) is 0 Å². The summed E-state index contributed by atoms with van der Waals surface area (Å²) in [6.07, 6.45) is 3.77. The molecule has 0 unspecified atom stereocenters. The molecule has 3 rings (SSSR count). The SMILES string of the molecule is CCn1c(C)nnc1CN1CCC[C@@H](n2ncc(N(C)CCOC)cc2=O)C1. The van der Waals surface area contributed by atoms with Crippen LogP contribution in [0.15, 0.2) is 17.1 Å². The first-order valence-corrected chi connectivity index (χ1v) is 9.93. The molecule has 0 saturated carbocycles. The van der Waals surface area contributed by atoms with Crippen molar-refractivity contribution in [3.05, 3.63) is 34.3 Å². The van der Waals surface area contributed by atoms with Crippen LogP contribution >= 0.6 is 0 Å². The van der Waals surface area contributed by atoms with Crippen molar-refractivity contribution in [1.29, 1.82) is 0 Å². The van der Waals surface area contributed by atoms with E-state index in [9.17, 15) is 4.79 Å². The predicted molar refractivity (Wildman–Crippen MR) is 108 cm³/mol. The highest BCUT2D eigenvalue weighted by molar-refractivity contribution is 5.41. The van der Waals surface area contributed by atoms with Gasteiger partial charge < -0.3 is 14.2 Å². The number of aryl methyl sites for hydroxylation is 1. The second-order valence-corrected chi connectivity index (χ2v) is 7.35. The minimum absolute atomic E-state index is 0.0545. The molecule has 9 nitrogen and oxygen atoms in total. The first-order chi connectivity index (χ1) is 13.5. The van der Waals surface area contributed by atoms with Crippen LogP contribution in [0.4, 0.5) is 5.69 Å². The van der Waals surface area contributed by atoms with Gasteiger partial charge >= 0.3 is 0 Å². The summed E-state index contributed by atoms with van der Waals surface area (Å²) >= 11 is 0. The Bertz CT molecular complexity index is 832. The fourth-order valence-corrected chi connectivity index (χ4v) is 3.78. The van der Waals surface area contributed by atoms with Crippen molar-refractivity contribution in [3.8, 4) is 0 Å². The zero-order valence-corrected chi connectivity index (χ0v) is 17.3. The maximum Gasteiger partial charge on any atom is 0.269 e. The van der Waals surface area contributed by atoms with E-state index in [4.69, 9.17) is 4.74 Å². The lowest BCUT2D eigenvalue weighted by atomic mass is 10.1. The number of nitrogens with zero attached hydrogens (tertiary/aromatic N) is 7. The molecule has 1 fully saturated rings. The summed E-state index contributed by atoms with van der Waals surface area (Å²) in [5.74, 6) is 1.92. The number of aromatic nitrogens is 5. The fraction of sp³-hybridized carbons (Fsp3) is 0.684. The largest absolute Gasteiger partial charge is 0.383 e. The summed E-state index contributed by atoms with van der Waals surface area (Å²) in [6.45, 7) is 8.82. The molecule has 0 amide bonds. The van der Waals surface area contributed by atoms with Crippen molar-refractivity contribution in [2.45, 2.75) is 45.8 Å². The van der Waals surface area contributed by atoms with Crippen molar-refractivity contribution in [1.82, 2.24) is 29.4 Å². The Morgan fingerprint density at radius 2 is 2.18 bits per heavy atom. The van der Waals surface area contributed by atoms with Gasteiger partial charge in [0.25, 0.3) is 5.56 Å². The van der Waals surface area contributed by atoms with E-state index in [2.05, 4.69) is 31.7 Å². The number of hydrogen-bond donors (Lipinski definition) is 0. The van der Waals surface area contributed by atoms with Crippen LogP contribution in [0.25, 0.3) is 0 Å². The van der Waals surface area contributed by atoms with Gasteiger partial charge in [0.2, 0.25) is 0 Å². The number of rotatable bonds is 8. The molecule has 1 aliphatic rings. The van der Waals surface area contributed by atoms with E-state index < -0.39 is 0 Å². The molecular weight excluding hydrogens is 358 g/mol. The van der Waals surface area contributed by atoms with Gasteiger partial charge in [0.05, 0.1) is 31.1 Å². The van der Waals surface area contributed by atoms with E-state index in [0.717, 1.165) is 62.9 Å². The number of methoxy groups -OCH3 is 1. The highest BCUT2D eigenvalue weighted by Crippen LogP contribution is 2.21. The highest BCUT2D eigenvalue weighted by Gasteiger charge is 2.24. The van der Waals surface area contributed by atoms with Gasteiger partial charge in [-0.05, 0) is 33.2 Å². The molecule has 28 heavy (non-hydrogen) atoms. The van der Waals surface area contributed by atoms with Gasteiger partial charge in [-0.25, -0.2) is 4.68 Å². The average molecular weight is 390 g/mol. The zero-order chi connectivity index (χ0) is 20.1. The van der Waals surface area contributed by atoms with E-state index >= 15 is 0 Å². The number of ether oxygens (including phenoxy) is 1. The third-order valence-electron chi connectivity index (χ3n) is 5.40. The van der Waals surface area contributed by atoms with E-state index in [-0.39, 0.29) is 11.6 Å². The van der Waals surface area contributed by atoms with Crippen LogP contribution in [0.3, 0.4) is 0 Å². The monoisotopic (exact) mass is 389 g/mol. The Morgan fingerprint density at radius 1 is 1.36 bits per heavy atom. The van der Waals surface area contributed by atoms with Gasteiger partial charge in [0.1, 0.15) is 11.6 Å². The predicted octanol–water partition coefficient (Wildman–Crippen LogP) is 1.08. The van der Waals surface area contributed by atoms with Gasteiger partial charge in [-0.2, -0.15) is 5.10 Å². The Kier molecular flexibility index (Phi) is 6.79. The molecule has 1 saturated heterocycles. The Hall–Kier alpha value is -2.26. The summed E-state index contributed by atoms with van der Waals surface area (Å²) in [5.41, 5.74) is 0.763. The smallest absolute Gasteiger partial charge is 0.269 e. The number of piperidine rings is 1. The third-order valence-corrected chi connectivity index (χ3v) is 5.40. The molecule has 0 bridgehead atoms. The summed E-state index contributed by atoms with van der Waals surface area (Å²) in [4.78, 5) is 17.0. The lowest BCUT2D eigenvalue weighted by molar-refractivity contribution is 0.155. The van der Waals surface area contributed by atoms with Crippen LogP contribution in [0, 0.1) is 6.92 Å². The van der Waals surface area contributed by atoms with E-state index in [1.807, 2.05) is 18.9 Å².